The number of fused-ring (bicyclic) bond motifs is 1. The van der Waals surface area contributed by atoms with Crippen molar-refractivity contribution in [2.75, 3.05) is 24.3 Å². The quantitative estimate of drug-likeness (QED) is 0.563. The van der Waals surface area contributed by atoms with E-state index >= 15 is 0 Å². The van der Waals surface area contributed by atoms with E-state index < -0.39 is 5.82 Å². The van der Waals surface area contributed by atoms with Crippen LogP contribution in [0.15, 0.2) is 35.2 Å². The molecule has 0 aromatic heterocycles. The molecule has 0 spiro atoms. The zero-order valence-electron chi connectivity index (χ0n) is 15.7. The summed E-state index contributed by atoms with van der Waals surface area (Å²) >= 11 is 1.14. The lowest BCUT2D eigenvalue weighted by molar-refractivity contribution is -0.116. The van der Waals surface area contributed by atoms with E-state index in [4.69, 9.17) is 4.74 Å². The molecule has 27 heavy (non-hydrogen) atoms. The summed E-state index contributed by atoms with van der Waals surface area (Å²) in [4.78, 5) is 26.3. The molecule has 0 N–H and O–H groups in total. The molecule has 1 aliphatic heterocycles. The van der Waals surface area contributed by atoms with Gasteiger partial charge in [-0.3, -0.25) is 9.59 Å². The number of hydrogen-bond acceptors (Lipinski definition) is 4. The Bertz CT molecular complexity index is 897. The number of methoxy groups -OCH3 is 1. The summed E-state index contributed by atoms with van der Waals surface area (Å²) in [5.74, 6) is 0.0554. The predicted molar refractivity (Wildman–Crippen MR) is 106 cm³/mol. The third kappa shape index (κ3) is 4.00. The number of ketones is 1. The van der Waals surface area contributed by atoms with Crippen molar-refractivity contribution < 1.29 is 18.7 Å². The van der Waals surface area contributed by atoms with Gasteiger partial charge in [-0.15, -0.1) is 11.8 Å². The monoisotopic (exact) mass is 387 g/mol. The third-order valence-electron chi connectivity index (χ3n) is 4.77. The molecule has 0 unspecified atom stereocenters. The molecular weight excluding hydrogens is 365 g/mol. The minimum Gasteiger partial charge on any atom is -0.495 e. The van der Waals surface area contributed by atoms with Crippen LogP contribution in [0.25, 0.3) is 0 Å². The van der Waals surface area contributed by atoms with Gasteiger partial charge in [0.05, 0.1) is 18.6 Å². The van der Waals surface area contributed by atoms with Gasteiger partial charge in [0, 0.05) is 17.0 Å². The molecule has 4 nitrogen and oxygen atoms in total. The van der Waals surface area contributed by atoms with E-state index in [-0.39, 0.29) is 17.4 Å². The second-order valence-electron chi connectivity index (χ2n) is 6.55. The van der Waals surface area contributed by atoms with Crippen molar-refractivity contribution in [3.05, 3.63) is 52.8 Å². The first-order chi connectivity index (χ1) is 12.9. The van der Waals surface area contributed by atoms with E-state index in [1.165, 1.54) is 13.0 Å². The average molecular weight is 387 g/mol. The number of halogens is 1. The molecule has 6 heteroatoms. The number of aryl methyl sites for hydroxylation is 1. The summed E-state index contributed by atoms with van der Waals surface area (Å²) in [5, 5.41) is 0. The lowest BCUT2D eigenvalue weighted by Crippen LogP contribution is -2.37. The molecule has 0 radical (unpaired) electrons. The largest absolute Gasteiger partial charge is 0.495 e. The van der Waals surface area contributed by atoms with Crippen molar-refractivity contribution in [3.8, 4) is 5.75 Å². The van der Waals surface area contributed by atoms with Crippen molar-refractivity contribution in [1.29, 1.82) is 0 Å². The first kappa shape index (κ1) is 19.4. The van der Waals surface area contributed by atoms with Crippen molar-refractivity contribution in [3.63, 3.8) is 0 Å². The highest BCUT2D eigenvalue weighted by molar-refractivity contribution is 8.00. The van der Waals surface area contributed by atoms with E-state index in [2.05, 4.69) is 0 Å². The van der Waals surface area contributed by atoms with Gasteiger partial charge in [-0.2, -0.15) is 0 Å². The highest BCUT2D eigenvalue weighted by Gasteiger charge is 2.27. The number of thioether (sulfide) groups is 1. The molecule has 2 aromatic carbocycles. The molecule has 1 aliphatic rings. The van der Waals surface area contributed by atoms with Crippen LogP contribution in [0.3, 0.4) is 0 Å². The van der Waals surface area contributed by atoms with Crippen LogP contribution in [-0.2, 0) is 11.2 Å². The van der Waals surface area contributed by atoms with Gasteiger partial charge in [0.1, 0.15) is 11.6 Å². The molecule has 0 saturated carbocycles. The first-order valence-electron chi connectivity index (χ1n) is 8.82. The van der Waals surface area contributed by atoms with Crippen LogP contribution in [0.2, 0.25) is 0 Å². The third-order valence-corrected chi connectivity index (χ3v) is 5.80. The van der Waals surface area contributed by atoms with Gasteiger partial charge in [-0.1, -0.05) is 12.1 Å². The molecule has 2 aromatic rings. The summed E-state index contributed by atoms with van der Waals surface area (Å²) in [6.45, 7) is 4.05. The maximum Gasteiger partial charge on any atom is 0.237 e. The lowest BCUT2D eigenvalue weighted by atomic mass is 9.96. The Balaban J connectivity index is 1.79. The van der Waals surface area contributed by atoms with Crippen molar-refractivity contribution >= 4 is 29.1 Å². The van der Waals surface area contributed by atoms with E-state index in [9.17, 15) is 14.0 Å². The van der Waals surface area contributed by atoms with Gasteiger partial charge in [-0.05, 0) is 56.0 Å². The van der Waals surface area contributed by atoms with Gasteiger partial charge >= 0.3 is 0 Å². The van der Waals surface area contributed by atoms with E-state index in [1.54, 1.807) is 24.1 Å². The van der Waals surface area contributed by atoms with E-state index in [0.717, 1.165) is 41.4 Å². The summed E-state index contributed by atoms with van der Waals surface area (Å²) in [6.07, 6.45) is 1.80. The summed E-state index contributed by atoms with van der Waals surface area (Å²) in [5.41, 5.74) is 3.44. The highest BCUT2D eigenvalue weighted by atomic mass is 32.2. The fourth-order valence-electron chi connectivity index (χ4n) is 3.32. The van der Waals surface area contributed by atoms with Crippen molar-refractivity contribution in [2.24, 2.45) is 0 Å². The minimum absolute atomic E-state index is 0.0834. The molecule has 0 bridgehead atoms. The second-order valence-corrected chi connectivity index (χ2v) is 7.57. The minimum atomic E-state index is -0.479. The smallest absolute Gasteiger partial charge is 0.237 e. The zero-order chi connectivity index (χ0) is 19.6. The van der Waals surface area contributed by atoms with E-state index in [0.29, 0.717) is 22.8 Å². The molecule has 1 amide bonds. The number of anilines is 1. The normalized spacial score (nSPS) is 13.3. The van der Waals surface area contributed by atoms with Gasteiger partial charge in [0.2, 0.25) is 5.91 Å². The number of carbonyl (C=O) groups is 2. The predicted octanol–water partition coefficient (Wildman–Crippen LogP) is 4.42. The Morgan fingerprint density at radius 1 is 1.26 bits per heavy atom. The number of benzene rings is 2. The number of rotatable bonds is 5. The van der Waals surface area contributed by atoms with Crippen LogP contribution in [0.4, 0.5) is 10.1 Å². The average Bonchev–Trinajstić information content (AvgIpc) is 2.66. The molecule has 0 fully saturated rings. The Morgan fingerprint density at radius 3 is 2.70 bits per heavy atom. The molecule has 1 heterocycles. The number of hydrogen-bond donors (Lipinski definition) is 0. The molecule has 3 rings (SSSR count). The van der Waals surface area contributed by atoms with Crippen LogP contribution in [0, 0.1) is 12.7 Å². The molecular formula is C21H22FNO3S. The van der Waals surface area contributed by atoms with Gasteiger partial charge in [0.25, 0.3) is 0 Å². The fraction of sp³-hybridized carbons (Fsp3) is 0.333. The lowest BCUT2D eigenvalue weighted by Gasteiger charge is -2.32. The van der Waals surface area contributed by atoms with Crippen LogP contribution in [0.1, 0.15) is 34.8 Å². The number of nitrogens with zero attached hydrogens (tertiary/aromatic N) is 1. The second kappa shape index (κ2) is 8.13. The number of carbonyl (C=O) groups excluding carboxylic acids is 2. The Kier molecular flexibility index (Phi) is 5.85. The van der Waals surface area contributed by atoms with Gasteiger partial charge < -0.3 is 9.64 Å². The summed E-state index contributed by atoms with van der Waals surface area (Å²) in [7, 11) is 1.60. The Labute approximate surface area is 162 Å². The van der Waals surface area contributed by atoms with Crippen LogP contribution in [0.5, 0.6) is 5.75 Å². The number of ether oxygens (including phenoxy) is 1. The maximum atomic E-state index is 14.2. The van der Waals surface area contributed by atoms with Gasteiger partial charge in [0.15, 0.2) is 5.78 Å². The first-order valence-corrected chi connectivity index (χ1v) is 9.81. The van der Waals surface area contributed by atoms with Crippen LogP contribution >= 0.6 is 11.8 Å². The van der Waals surface area contributed by atoms with E-state index in [1.807, 2.05) is 19.1 Å². The van der Waals surface area contributed by atoms with Crippen LogP contribution in [-0.4, -0.2) is 31.1 Å². The molecule has 142 valence electrons. The summed E-state index contributed by atoms with van der Waals surface area (Å²) in [6, 6.07) is 8.25. The fourth-order valence-corrected chi connectivity index (χ4v) is 4.12. The van der Waals surface area contributed by atoms with Gasteiger partial charge in [-0.25, -0.2) is 4.39 Å². The molecule has 0 aliphatic carbocycles. The molecule has 0 atom stereocenters. The van der Waals surface area contributed by atoms with Crippen molar-refractivity contribution in [1.82, 2.24) is 0 Å². The standard InChI is InChI=1S/C21H22FNO3S/c1-13-6-8-18(26-3)21-16(13)5-4-10-23(21)20(25)12-27-19-9-7-15(14(2)24)11-17(19)22/h6-9,11H,4-5,10,12H2,1-3H3. The highest BCUT2D eigenvalue weighted by Crippen LogP contribution is 2.38. The van der Waals surface area contributed by atoms with Crippen molar-refractivity contribution in [2.45, 2.75) is 31.6 Å². The molecule has 0 saturated heterocycles. The maximum absolute atomic E-state index is 14.2. The zero-order valence-corrected chi connectivity index (χ0v) is 16.5. The number of amides is 1. The number of Topliss-reactive ketones (excluding diaryl/α,β-unsaturated/α-hetero) is 1. The van der Waals surface area contributed by atoms with Crippen LogP contribution < -0.4 is 9.64 Å². The topological polar surface area (TPSA) is 46.6 Å². The Hall–Kier alpha value is -2.34. The summed E-state index contributed by atoms with van der Waals surface area (Å²) < 4.78 is 19.7. The Morgan fingerprint density at radius 2 is 2.04 bits per heavy atom. The SMILES string of the molecule is COc1ccc(C)c2c1N(C(=O)CSc1ccc(C(C)=O)cc1F)CCC2.